The first-order chi connectivity index (χ1) is 17.1. The largest absolute Gasteiger partial charge is 0.445 e. The number of benzene rings is 2. The summed E-state index contributed by atoms with van der Waals surface area (Å²) in [7, 11) is 0. The van der Waals surface area contributed by atoms with Gasteiger partial charge >= 0.3 is 6.09 Å². The van der Waals surface area contributed by atoms with E-state index in [1.54, 1.807) is 12.1 Å². The Labute approximate surface area is 211 Å². The fraction of sp³-hybridized carbons (Fsp3) is 0.280. The molecule has 2 fully saturated rings. The third kappa shape index (κ3) is 5.83. The number of nitrogens with zero attached hydrogens (tertiary/aromatic N) is 2. The molecule has 1 aliphatic carbocycles. The van der Waals surface area contributed by atoms with Crippen molar-refractivity contribution in [1.82, 2.24) is 15.2 Å². The molecule has 35 heavy (non-hydrogen) atoms. The van der Waals surface area contributed by atoms with E-state index >= 15 is 0 Å². The van der Waals surface area contributed by atoms with E-state index < -0.39 is 12.1 Å². The van der Waals surface area contributed by atoms with Crippen molar-refractivity contribution in [2.45, 2.75) is 31.5 Å². The van der Waals surface area contributed by atoms with Crippen LogP contribution in [0, 0.1) is 0 Å². The molecule has 10 heteroatoms. The Hall–Kier alpha value is -3.37. The second kappa shape index (κ2) is 10.5. The highest BCUT2D eigenvalue weighted by Crippen LogP contribution is 2.28. The minimum atomic E-state index is -0.625. The number of amides is 3. The van der Waals surface area contributed by atoms with Gasteiger partial charge in [0.15, 0.2) is 5.13 Å². The summed E-state index contributed by atoms with van der Waals surface area (Å²) >= 11 is 2.82. The van der Waals surface area contributed by atoms with E-state index in [1.807, 2.05) is 47.8 Å². The summed E-state index contributed by atoms with van der Waals surface area (Å²) in [6, 6.07) is 16.4. The van der Waals surface area contributed by atoms with Gasteiger partial charge in [0.05, 0.1) is 11.6 Å². The van der Waals surface area contributed by atoms with Crippen molar-refractivity contribution in [2.75, 3.05) is 16.9 Å². The molecule has 8 nitrogen and oxygen atoms in total. The average Bonchev–Trinajstić information content (AvgIpc) is 3.35. The van der Waals surface area contributed by atoms with Crippen LogP contribution in [-0.2, 0) is 16.1 Å². The Morgan fingerprint density at radius 3 is 2.57 bits per heavy atom. The summed E-state index contributed by atoms with van der Waals surface area (Å²) in [5.74, 6) is 0.538. The monoisotopic (exact) mass is 508 g/mol. The van der Waals surface area contributed by atoms with Crippen LogP contribution in [0.2, 0.25) is 0 Å². The first-order valence-corrected chi connectivity index (χ1v) is 13.3. The van der Waals surface area contributed by atoms with Crippen molar-refractivity contribution in [3.8, 4) is 11.3 Å². The van der Waals surface area contributed by atoms with Crippen molar-refractivity contribution in [2.24, 2.45) is 0 Å². The SMILES string of the molecule is O=C(NC1CC1)c1ccc(-c2csc(NC(=O)C3CSCN3C(=O)OCc3ccccc3)n2)cc1. The third-order valence-corrected chi connectivity index (χ3v) is 7.48. The zero-order chi connectivity index (χ0) is 24.2. The molecule has 2 aromatic carbocycles. The van der Waals surface area contributed by atoms with Gasteiger partial charge in [0.1, 0.15) is 12.6 Å². The number of hydrogen-bond donors (Lipinski definition) is 2. The smallest absolute Gasteiger partial charge is 0.411 e. The van der Waals surface area contributed by atoms with E-state index in [0.29, 0.717) is 34.1 Å². The Morgan fingerprint density at radius 1 is 1.06 bits per heavy atom. The number of thioether (sulfide) groups is 1. The molecule has 1 saturated heterocycles. The molecule has 1 aliphatic heterocycles. The molecule has 1 atom stereocenters. The molecule has 5 rings (SSSR count). The number of aromatic nitrogens is 1. The lowest BCUT2D eigenvalue weighted by Crippen LogP contribution is -2.44. The number of thiazole rings is 1. The van der Waals surface area contributed by atoms with E-state index in [1.165, 1.54) is 28.0 Å². The number of carbonyl (C=O) groups is 3. The second-order valence-corrected chi connectivity index (χ2v) is 10.2. The Kier molecular flexibility index (Phi) is 7.01. The van der Waals surface area contributed by atoms with Gasteiger partial charge in [-0.25, -0.2) is 9.78 Å². The Morgan fingerprint density at radius 2 is 1.83 bits per heavy atom. The van der Waals surface area contributed by atoms with Crippen molar-refractivity contribution in [3.63, 3.8) is 0 Å². The lowest BCUT2D eigenvalue weighted by molar-refractivity contribution is -0.119. The van der Waals surface area contributed by atoms with Gasteiger partial charge in [0, 0.05) is 28.3 Å². The quantitative estimate of drug-likeness (QED) is 0.492. The summed E-state index contributed by atoms with van der Waals surface area (Å²) in [4.78, 5) is 43.6. The predicted molar refractivity (Wildman–Crippen MR) is 136 cm³/mol. The molecule has 1 aromatic heterocycles. The molecule has 0 spiro atoms. The summed E-state index contributed by atoms with van der Waals surface area (Å²) in [5.41, 5.74) is 3.06. The minimum Gasteiger partial charge on any atom is -0.445 e. The highest BCUT2D eigenvalue weighted by molar-refractivity contribution is 7.99. The maximum Gasteiger partial charge on any atom is 0.411 e. The molecule has 180 valence electrons. The summed E-state index contributed by atoms with van der Waals surface area (Å²) < 4.78 is 5.41. The van der Waals surface area contributed by atoms with Crippen molar-refractivity contribution in [3.05, 3.63) is 71.1 Å². The van der Waals surface area contributed by atoms with E-state index in [0.717, 1.165) is 24.0 Å². The van der Waals surface area contributed by atoms with E-state index in [4.69, 9.17) is 4.74 Å². The maximum atomic E-state index is 12.9. The van der Waals surface area contributed by atoms with Gasteiger partial charge < -0.3 is 15.4 Å². The summed E-state index contributed by atoms with van der Waals surface area (Å²) in [5, 5.41) is 8.11. The first kappa shape index (κ1) is 23.4. The highest BCUT2D eigenvalue weighted by atomic mass is 32.2. The van der Waals surface area contributed by atoms with E-state index in [-0.39, 0.29) is 18.4 Å². The van der Waals surface area contributed by atoms with Gasteiger partial charge in [0.25, 0.3) is 5.91 Å². The second-order valence-electron chi connectivity index (χ2n) is 8.38. The van der Waals surface area contributed by atoms with Crippen LogP contribution >= 0.6 is 23.1 Å². The number of anilines is 1. The van der Waals surface area contributed by atoms with Gasteiger partial charge in [0.2, 0.25) is 5.91 Å². The predicted octanol–water partition coefficient (Wildman–Crippen LogP) is 4.35. The molecule has 1 unspecified atom stereocenters. The van der Waals surface area contributed by atoms with Gasteiger partial charge in [-0.05, 0) is 30.5 Å². The zero-order valence-electron chi connectivity index (χ0n) is 18.8. The molecule has 1 saturated carbocycles. The summed E-state index contributed by atoms with van der Waals surface area (Å²) in [6.45, 7) is 0.159. The van der Waals surface area contributed by atoms with Crippen LogP contribution in [0.3, 0.4) is 0 Å². The minimum absolute atomic E-state index is 0.0634. The number of ether oxygens (including phenoxy) is 1. The number of hydrogen-bond acceptors (Lipinski definition) is 7. The lowest BCUT2D eigenvalue weighted by atomic mass is 10.1. The number of nitrogens with one attached hydrogen (secondary N) is 2. The first-order valence-electron chi connectivity index (χ1n) is 11.3. The molecular weight excluding hydrogens is 484 g/mol. The van der Waals surface area contributed by atoms with Gasteiger partial charge in [-0.1, -0.05) is 42.5 Å². The molecule has 3 aromatic rings. The normalized spacial score (nSPS) is 17.1. The number of carbonyl (C=O) groups excluding carboxylic acids is 3. The topological polar surface area (TPSA) is 101 Å². The van der Waals surface area contributed by atoms with Crippen LogP contribution < -0.4 is 10.6 Å². The zero-order valence-corrected chi connectivity index (χ0v) is 20.4. The Bertz CT molecular complexity index is 1210. The molecule has 0 radical (unpaired) electrons. The molecule has 0 bridgehead atoms. The van der Waals surface area contributed by atoms with Crippen LogP contribution in [0.25, 0.3) is 11.3 Å². The van der Waals surface area contributed by atoms with Crippen LogP contribution in [0.4, 0.5) is 9.93 Å². The fourth-order valence-electron chi connectivity index (χ4n) is 3.58. The van der Waals surface area contributed by atoms with Crippen LogP contribution in [0.5, 0.6) is 0 Å². The van der Waals surface area contributed by atoms with Gasteiger partial charge in [-0.2, -0.15) is 0 Å². The van der Waals surface area contributed by atoms with Crippen LogP contribution in [0.1, 0.15) is 28.8 Å². The van der Waals surface area contributed by atoms with Gasteiger partial charge in [-0.3, -0.25) is 14.5 Å². The summed E-state index contributed by atoms with van der Waals surface area (Å²) in [6.07, 6.45) is 1.58. The lowest BCUT2D eigenvalue weighted by Gasteiger charge is -2.22. The number of rotatable bonds is 7. The van der Waals surface area contributed by atoms with Crippen molar-refractivity contribution in [1.29, 1.82) is 0 Å². The molecule has 2 aliphatic rings. The van der Waals surface area contributed by atoms with Crippen LogP contribution in [-0.4, -0.2) is 51.5 Å². The fourth-order valence-corrected chi connectivity index (χ4v) is 5.45. The highest BCUT2D eigenvalue weighted by Gasteiger charge is 2.36. The van der Waals surface area contributed by atoms with E-state index in [2.05, 4.69) is 15.6 Å². The molecule has 2 heterocycles. The van der Waals surface area contributed by atoms with Crippen molar-refractivity contribution >= 4 is 46.1 Å². The van der Waals surface area contributed by atoms with Crippen molar-refractivity contribution < 1.29 is 19.1 Å². The molecule has 2 N–H and O–H groups in total. The standard InChI is InChI=1S/C25H24N4O4S2/c30-22(26-19-10-11-19)18-8-6-17(7-9-18)20-13-35-24(27-20)28-23(31)21-14-34-15-29(21)25(32)33-12-16-4-2-1-3-5-16/h1-9,13,19,21H,10-12,14-15H2,(H,26,30)(H,27,28,31). The van der Waals surface area contributed by atoms with E-state index in [9.17, 15) is 14.4 Å². The average molecular weight is 509 g/mol. The molecule has 3 amide bonds. The Balaban J connectivity index is 1.17. The molecular formula is C25H24N4O4S2. The van der Waals surface area contributed by atoms with Gasteiger partial charge in [-0.15, -0.1) is 23.1 Å². The maximum absolute atomic E-state index is 12.9. The third-order valence-electron chi connectivity index (χ3n) is 5.71. The van der Waals surface area contributed by atoms with Crippen LogP contribution in [0.15, 0.2) is 60.0 Å².